The van der Waals surface area contributed by atoms with E-state index in [0.717, 1.165) is 19.4 Å². The van der Waals surface area contributed by atoms with Crippen LogP contribution in [0.25, 0.3) is 0 Å². The summed E-state index contributed by atoms with van der Waals surface area (Å²) in [4.78, 5) is 17.3. The molecule has 15 heavy (non-hydrogen) atoms. The van der Waals surface area contributed by atoms with E-state index < -0.39 is 0 Å². The highest BCUT2D eigenvalue weighted by Crippen LogP contribution is 2.13. The normalized spacial score (nSPS) is 20.5. The molecule has 82 valence electrons. The number of aromatic nitrogens is 2. The molecule has 1 saturated heterocycles. The van der Waals surface area contributed by atoms with Gasteiger partial charge in [0.1, 0.15) is 6.33 Å². The zero-order valence-corrected chi connectivity index (χ0v) is 8.80. The third kappa shape index (κ3) is 2.36. The van der Waals surface area contributed by atoms with Crippen LogP contribution in [0.5, 0.6) is 0 Å². The van der Waals surface area contributed by atoms with Gasteiger partial charge in [0, 0.05) is 32.6 Å². The van der Waals surface area contributed by atoms with Gasteiger partial charge in [-0.1, -0.05) is 0 Å². The van der Waals surface area contributed by atoms with E-state index in [2.05, 4.69) is 4.98 Å². The molecule has 0 aliphatic carbocycles. The van der Waals surface area contributed by atoms with Crippen molar-refractivity contribution >= 4 is 6.03 Å². The number of carbonyl (C=O) groups excluding carboxylic acids is 1. The lowest BCUT2D eigenvalue weighted by Gasteiger charge is -2.20. The molecule has 0 N–H and O–H groups in total. The van der Waals surface area contributed by atoms with E-state index in [0.29, 0.717) is 6.54 Å². The van der Waals surface area contributed by atoms with E-state index in [1.165, 1.54) is 10.9 Å². The molecule has 0 saturated carbocycles. The highest BCUT2D eigenvalue weighted by Gasteiger charge is 2.20. The zero-order chi connectivity index (χ0) is 10.7. The SMILES string of the molecule is CN(CC1CCCO1)C(=O)n1ccnc1. The first kappa shape index (κ1) is 10.2. The molecule has 2 heterocycles. The van der Waals surface area contributed by atoms with Crippen molar-refractivity contribution in [3.63, 3.8) is 0 Å². The van der Waals surface area contributed by atoms with Gasteiger partial charge in [0.15, 0.2) is 0 Å². The Balaban J connectivity index is 1.90. The lowest BCUT2D eigenvalue weighted by atomic mass is 10.2. The topological polar surface area (TPSA) is 47.4 Å². The third-order valence-corrected chi connectivity index (χ3v) is 2.55. The van der Waals surface area contributed by atoms with E-state index in [-0.39, 0.29) is 12.1 Å². The molecule has 5 heteroatoms. The number of hydrogen-bond donors (Lipinski definition) is 0. The number of carbonyl (C=O) groups is 1. The first-order valence-electron chi connectivity index (χ1n) is 5.12. The highest BCUT2D eigenvalue weighted by molar-refractivity contribution is 5.76. The second kappa shape index (κ2) is 4.44. The summed E-state index contributed by atoms with van der Waals surface area (Å²) >= 11 is 0. The molecule has 2 rings (SSSR count). The van der Waals surface area contributed by atoms with Crippen LogP contribution >= 0.6 is 0 Å². The van der Waals surface area contributed by atoms with E-state index in [1.807, 2.05) is 0 Å². The highest BCUT2D eigenvalue weighted by atomic mass is 16.5. The lowest BCUT2D eigenvalue weighted by molar-refractivity contribution is 0.0877. The Hall–Kier alpha value is -1.36. The third-order valence-electron chi connectivity index (χ3n) is 2.55. The summed E-state index contributed by atoms with van der Waals surface area (Å²) in [6.45, 7) is 1.47. The van der Waals surface area contributed by atoms with Gasteiger partial charge in [-0.2, -0.15) is 0 Å². The molecule has 1 aromatic rings. The monoisotopic (exact) mass is 209 g/mol. The molecule has 1 atom stereocenters. The fraction of sp³-hybridized carbons (Fsp3) is 0.600. The lowest BCUT2D eigenvalue weighted by Crippen LogP contribution is -2.36. The van der Waals surface area contributed by atoms with E-state index >= 15 is 0 Å². The van der Waals surface area contributed by atoms with Gasteiger partial charge in [-0.15, -0.1) is 0 Å². The molecular weight excluding hydrogens is 194 g/mol. The predicted molar refractivity (Wildman–Crippen MR) is 54.6 cm³/mol. The summed E-state index contributed by atoms with van der Waals surface area (Å²) in [5.74, 6) is 0. The Morgan fingerprint density at radius 3 is 3.20 bits per heavy atom. The molecule has 0 radical (unpaired) electrons. The van der Waals surface area contributed by atoms with Crippen molar-refractivity contribution in [1.82, 2.24) is 14.5 Å². The summed E-state index contributed by atoms with van der Waals surface area (Å²) in [6, 6.07) is -0.0667. The maximum absolute atomic E-state index is 11.8. The quantitative estimate of drug-likeness (QED) is 0.729. The fourth-order valence-corrected chi connectivity index (χ4v) is 1.74. The molecule has 5 nitrogen and oxygen atoms in total. The maximum atomic E-state index is 11.8. The van der Waals surface area contributed by atoms with Crippen LogP contribution in [0.4, 0.5) is 4.79 Å². The van der Waals surface area contributed by atoms with Gasteiger partial charge in [0.25, 0.3) is 0 Å². The zero-order valence-electron chi connectivity index (χ0n) is 8.80. The number of imidazole rings is 1. The Bertz CT molecular complexity index is 317. The van der Waals surface area contributed by atoms with Crippen LogP contribution in [0.3, 0.4) is 0 Å². The molecule has 1 unspecified atom stereocenters. The predicted octanol–water partition coefficient (Wildman–Crippen LogP) is 0.962. The van der Waals surface area contributed by atoms with Crippen LogP contribution in [0, 0.1) is 0 Å². The first-order valence-corrected chi connectivity index (χ1v) is 5.12. The minimum Gasteiger partial charge on any atom is -0.376 e. The van der Waals surface area contributed by atoms with Gasteiger partial charge in [-0.3, -0.25) is 4.57 Å². The number of likely N-dealkylation sites (N-methyl/N-ethyl adjacent to an activating group) is 1. The van der Waals surface area contributed by atoms with Crippen LogP contribution in [-0.2, 0) is 4.74 Å². The second-order valence-corrected chi connectivity index (χ2v) is 3.77. The summed E-state index contributed by atoms with van der Waals surface area (Å²) < 4.78 is 6.94. The number of rotatable bonds is 2. The Morgan fingerprint density at radius 2 is 2.60 bits per heavy atom. The standard InChI is InChI=1S/C10H15N3O2/c1-12(7-9-3-2-6-15-9)10(14)13-5-4-11-8-13/h4-5,8-9H,2-3,6-7H2,1H3. The van der Waals surface area contributed by atoms with Crippen molar-refractivity contribution < 1.29 is 9.53 Å². The van der Waals surface area contributed by atoms with E-state index in [1.54, 1.807) is 24.3 Å². The van der Waals surface area contributed by atoms with Crippen molar-refractivity contribution in [1.29, 1.82) is 0 Å². The van der Waals surface area contributed by atoms with Crippen molar-refractivity contribution in [3.05, 3.63) is 18.7 Å². The smallest absolute Gasteiger partial charge is 0.329 e. The van der Waals surface area contributed by atoms with Crippen molar-refractivity contribution in [2.75, 3.05) is 20.2 Å². The van der Waals surface area contributed by atoms with Crippen molar-refractivity contribution in [2.24, 2.45) is 0 Å². The minimum atomic E-state index is -0.0667. The van der Waals surface area contributed by atoms with Gasteiger partial charge in [0.05, 0.1) is 6.10 Å². The largest absolute Gasteiger partial charge is 0.376 e. The van der Waals surface area contributed by atoms with Crippen LogP contribution in [0.2, 0.25) is 0 Å². The maximum Gasteiger partial charge on any atom is 0.329 e. The van der Waals surface area contributed by atoms with Gasteiger partial charge >= 0.3 is 6.03 Å². The minimum absolute atomic E-state index is 0.0667. The molecule has 1 aliphatic heterocycles. The Morgan fingerprint density at radius 1 is 1.73 bits per heavy atom. The van der Waals surface area contributed by atoms with Crippen molar-refractivity contribution in [3.8, 4) is 0 Å². The Kier molecular flexibility index (Phi) is 3.01. The number of ether oxygens (including phenoxy) is 1. The molecule has 1 aliphatic rings. The molecule has 0 spiro atoms. The molecule has 1 aromatic heterocycles. The summed E-state index contributed by atoms with van der Waals surface area (Å²) in [7, 11) is 1.78. The second-order valence-electron chi connectivity index (χ2n) is 3.77. The van der Waals surface area contributed by atoms with Gasteiger partial charge in [0.2, 0.25) is 0 Å². The molecular formula is C10H15N3O2. The van der Waals surface area contributed by atoms with Gasteiger partial charge in [-0.05, 0) is 12.8 Å². The van der Waals surface area contributed by atoms with E-state index in [4.69, 9.17) is 4.74 Å². The number of hydrogen-bond acceptors (Lipinski definition) is 3. The average molecular weight is 209 g/mol. The number of amides is 1. The van der Waals surface area contributed by atoms with Gasteiger partial charge < -0.3 is 9.64 Å². The summed E-state index contributed by atoms with van der Waals surface area (Å²) in [5.41, 5.74) is 0. The Labute approximate surface area is 88.7 Å². The fourth-order valence-electron chi connectivity index (χ4n) is 1.74. The van der Waals surface area contributed by atoms with Crippen LogP contribution < -0.4 is 0 Å². The summed E-state index contributed by atoms with van der Waals surface area (Å²) in [5, 5.41) is 0. The molecule has 0 aromatic carbocycles. The van der Waals surface area contributed by atoms with E-state index in [9.17, 15) is 4.79 Å². The molecule has 1 fully saturated rings. The average Bonchev–Trinajstić information content (AvgIpc) is 2.88. The van der Waals surface area contributed by atoms with Crippen LogP contribution in [0.1, 0.15) is 12.8 Å². The van der Waals surface area contributed by atoms with Crippen LogP contribution in [-0.4, -0.2) is 46.8 Å². The molecule has 1 amide bonds. The van der Waals surface area contributed by atoms with Gasteiger partial charge in [-0.25, -0.2) is 9.78 Å². The number of nitrogens with zero attached hydrogens (tertiary/aromatic N) is 3. The first-order chi connectivity index (χ1) is 7.27. The van der Waals surface area contributed by atoms with Crippen LogP contribution in [0.15, 0.2) is 18.7 Å². The van der Waals surface area contributed by atoms with Crippen molar-refractivity contribution in [2.45, 2.75) is 18.9 Å². The summed E-state index contributed by atoms with van der Waals surface area (Å²) in [6.07, 6.45) is 7.09. The molecule has 0 bridgehead atoms.